The minimum Gasteiger partial charge on any atom is -0.423 e. The van der Waals surface area contributed by atoms with Crippen molar-refractivity contribution in [2.45, 2.75) is 104 Å². The molecule has 0 aliphatic heterocycles. The molecule has 1 aliphatic rings. The Balaban J connectivity index is 1.49. The van der Waals surface area contributed by atoms with Crippen LogP contribution in [-0.4, -0.2) is 5.97 Å². The van der Waals surface area contributed by atoms with E-state index in [0.29, 0.717) is 23.7 Å². The van der Waals surface area contributed by atoms with Crippen molar-refractivity contribution in [1.29, 1.82) is 0 Å². The van der Waals surface area contributed by atoms with E-state index < -0.39 is 17.6 Å². The molecule has 192 valence electrons. The smallest absolute Gasteiger partial charge is 0.346 e. The van der Waals surface area contributed by atoms with Crippen LogP contribution in [0.4, 0.5) is 8.78 Å². The Hall–Kier alpha value is -2.23. The highest BCUT2D eigenvalue weighted by molar-refractivity contribution is 5.91. The van der Waals surface area contributed by atoms with Crippen LogP contribution in [0.15, 0.2) is 36.4 Å². The molecular formula is C31H42F2O2. The van der Waals surface area contributed by atoms with E-state index in [1.165, 1.54) is 69.4 Å². The van der Waals surface area contributed by atoms with E-state index in [2.05, 4.69) is 13.8 Å². The number of esters is 1. The molecule has 0 amide bonds. The van der Waals surface area contributed by atoms with E-state index in [4.69, 9.17) is 4.74 Å². The molecule has 0 atom stereocenters. The number of halogens is 2. The van der Waals surface area contributed by atoms with Gasteiger partial charge in [0.2, 0.25) is 0 Å². The SMILES string of the molecule is CCCCCc1ccc(OC(=O)c2ccc(CC[C@H]3CC[C@H](CCCCC)CC3)c(F)c2F)cc1. The van der Waals surface area contributed by atoms with Gasteiger partial charge in [0.25, 0.3) is 0 Å². The summed E-state index contributed by atoms with van der Waals surface area (Å²) in [5.74, 6) is -1.14. The van der Waals surface area contributed by atoms with E-state index in [9.17, 15) is 13.6 Å². The fraction of sp³-hybridized carbons (Fsp3) is 0.581. The molecule has 3 rings (SSSR count). The van der Waals surface area contributed by atoms with Gasteiger partial charge in [0.15, 0.2) is 11.6 Å². The number of hydrogen-bond acceptors (Lipinski definition) is 2. The predicted octanol–water partition coefficient (Wildman–Crippen LogP) is 9.24. The minimum absolute atomic E-state index is 0.337. The molecule has 2 aromatic rings. The maximum Gasteiger partial charge on any atom is 0.346 e. The van der Waals surface area contributed by atoms with Gasteiger partial charge in [0, 0.05) is 0 Å². The van der Waals surface area contributed by atoms with Gasteiger partial charge in [0.1, 0.15) is 5.75 Å². The van der Waals surface area contributed by atoms with Crippen molar-refractivity contribution in [2.75, 3.05) is 0 Å². The molecule has 35 heavy (non-hydrogen) atoms. The average molecular weight is 485 g/mol. The second kappa shape index (κ2) is 14.4. The number of rotatable bonds is 13. The van der Waals surface area contributed by atoms with Crippen molar-refractivity contribution >= 4 is 5.97 Å². The van der Waals surface area contributed by atoms with Gasteiger partial charge >= 0.3 is 5.97 Å². The van der Waals surface area contributed by atoms with Crippen molar-refractivity contribution in [1.82, 2.24) is 0 Å². The number of aryl methyl sites for hydroxylation is 2. The number of unbranched alkanes of at least 4 members (excludes halogenated alkanes) is 4. The molecule has 1 saturated carbocycles. The van der Waals surface area contributed by atoms with Gasteiger partial charge in [-0.05, 0) is 66.8 Å². The largest absolute Gasteiger partial charge is 0.423 e. The lowest BCUT2D eigenvalue weighted by atomic mass is 9.77. The first kappa shape index (κ1) is 27.4. The quantitative estimate of drug-likeness (QED) is 0.161. The first-order valence-electron chi connectivity index (χ1n) is 13.8. The Bertz CT molecular complexity index is 914. The summed E-state index contributed by atoms with van der Waals surface area (Å²) in [6, 6.07) is 10.1. The number of hydrogen-bond donors (Lipinski definition) is 0. The van der Waals surface area contributed by atoms with Gasteiger partial charge in [-0.2, -0.15) is 0 Å². The van der Waals surface area contributed by atoms with Gasteiger partial charge in [-0.15, -0.1) is 0 Å². The van der Waals surface area contributed by atoms with Crippen LogP contribution in [0.25, 0.3) is 0 Å². The van der Waals surface area contributed by atoms with Gasteiger partial charge in [-0.1, -0.05) is 96.3 Å². The fourth-order valence-electron chi connectivity index (χ4n) is 5.26. The molecule has 0 bridgehead atoms. The maximum absolute atomic E-state index is 14.8. The fourth-order valence-corrected chi connectivity index (χ4v) is 5.26. The highest BCUT2D eigenvalue weighted by atomic mass is 19.2. The normalized spacial score (nSPS) is 17.9. The molecule has 2 aromatic carbocycles. The van der Waals surface area contributed by atoms with Crippen LogP contribution in [0.1, 0.15) is 112 Å². The van der Waals surface area contributed by atoms with Crippen molar-refractivity contribution in [2.24, 2.45) is 11.8 Å². The molecule has 0 radical (unpaired) electrons. The van der Waals surface area contributed by atoms with Gasteiger partial charge in [-0.25, -0.2) is 13.6 Å². The van der Waals surface area contributed by atoms with Gasteiger partial charge in [0.05, 0.1) is 5.56 Å². The summed E-state index contributed by atoms with van der Waals surface area (Å²) in [5, 5.41) is 0. The van der Waals surface area contributed by atoms with E-state index in [1.54, 1.807) is 18.2 Å². The monoisotopic (exact) mass is 484 g/mol. The second-order valence-corrected chi connectivity index (χ2v) is 10.3. The Morgan fingerprint density at radius 1 is 0.771 bits per heavy atom. The van der Waals surface area contributed by atoms with Crippen molar-refractivity contribution in [3.8, 4) is 5.75 Å². The van der Waals surface area contributed by atoms with Crippen LogP contribution in [0.3, 0.4) is 0 Å². The van der Waals surface area contributed by atoms with E-state index in [1.807, 2.05) is 12.1 Å². The standard InChI is InChI=1S/C31H42F2O2/c1-3-5-7-9-23-11-13-25(14-12-23)15-18-26-19-22-28(30(33)29(26)32)31(34)35-27-20-16-24(17-21-27)10-8-6-4-2/h16-17,19-23,25H,3-15,18H2,1-2H3/t23-,25-. The molecule has 1 aliphatic carbocycles. The number of carbonyl (C=O) groups excluding carboxylic acids is 1. The molecule has 1 fully saturated rings. The molecule has 0 aromatic heterocycles. The highest BCUT2D eigenvalue weighted by Crippen LogP contribution is 2.34. The van der Waals surface area contributed by atoms with E-state index in [0.717, 1.165) is 31.6 Å². The first-order valence-corrected chi connectivity index (χ1v) is 13.8. The zero-order chi connectivity index (χ0) is 25.0. The third kappa shape index (κ3) is 8.44. The number of ether oxygens (including phenoxy) is 1. The first-order chi connectivity index (χ1) is 17.0. The van der Waals surface area contributed by atoms with Crippen molar-refractivity contribution in [3.05, 3.63) is 64.7 Å². The molecule has 2 nitrogen and oxygen atoms in total. The summed E-state index contributed by atoms with van der Waals surface area (Å²) in [6.45, 7) is 4.40. The summed E-state index contributed by atoms with van der Waals surface area (Å²) >= 11 is 0. The van der Waals surface area contributed by atoms with Crippen LogP contribution >= 0.6 is 0 Å². The molecule has 4 heteroatoms. The molecule has 0 unspecified atom stereocenters. The van der Waals surface area contributed by atoms with Gasteiger partial charge < -0.3 is 4.74 Å². The zero-order valence-electron chi connectivity index (χ0n) is 21.6. The average Bonchev–Trinajstić information content (AvgIpc) is 2.87. The van der Waals surface area contributed by atoms with Crippen molar-refractivity contribution in [3.63, 3.8) is 0 Å². The molecule has 0 N–H and O–H groups in total. The summed E-state index contributed by atoms with van der Waals surface area (Å²) in [4.78, 5) is 12.5. The topological polar surface area (TPSA) is 26.3 Å². The summed E-state index contributed by atoms with van der Waals surface area (Å²) in [7, 11) is 0. The maximum atomic E-state index is 14.8. The molecule has 0 heterocycles. The third-order valence-electron chi connectivity index (χ3n) is 7.59. The molecule has 0 saturated heterocycles. The number of carbonyl (C=O) groups is 1. The van der Waals surface area contributed by atoms with Crippen LogP contribution in [0.5, 0.6) is 5.75 Å². The van der Waals surface area contributed by atoms with Crippen LogP contribution in [0.2, 0.25) is 0 Å². The zero-order valence-corrected chi connectivity index (χ0v) is 21.6. The van der Waals surface area contributed by atoms with Crippen LogP contribution < -0.4 is 4.74 Å². The highest BCUT2D eigenvalue weighted by Gasteiger charge is 2.23. The Labute approximate surface area is 210 Å². The second-order valence-electron chi connectivity index (χ2n) is 10.3. The number of benzene rings is 2. The van der Waals surface area contributed by atoms with Crippen LogP contribution in [0, 0.1) is 23.5 Å². The lowest BCUT2D eigenvalue weighted by Crippen LogP contribution is -2.16. The summed E-state index contributed by atoms with van der Waals surface area (Å²) < 4.78 is 34.8. The lowest BCUT2D eigenvalue weighted by molar-refractivity contribution is 0.0728. The Morgan fingerprint density at radius 2 is 1.40 bits per heavy atom. The Morgan fingerprint density at radius 3 is 2.06 bits per heavy atom. The van der Waals surface area contributed by atoms with Gasteiger partial charge in [-0.3, -0.25) is 0 Å². The van der Waals surface area contributed by atoms with E-state index in [-0.39, 0.29) is 5.56 Å². The Kier molecular flexibility index (Phi) is 11.2. The van der Waals surface area contributed by atoms with E-state index >= 15 is 0 Å². The summed E-state index contributed by atoms with van der Waals surface area (Å²) in [5.41, 5.74) is 1.16. The minimum atomic E-state index is -1.11. The third-order valence-corrected chi connectivity index (χ3v) is 7.59. The van der Waals surface area contributed by atoms with Crippen molar-refractivity contribution < 1.29 is 18.3 Å². The van der Waals surface area contributed by atoms with Crippen LogP contribution in [-0.2, 0) is 12.8 Å². The lowest BCUT2D eigenvalue weighted by Gasteiger charge is -2.28. The predicted molar refractivity (Wildman–Crippen MR) is 139 cm³/mol. The summed E-state index contributed by atoms with van der Waals surface area (Å²) in [6.07, 6.45) is 15.9. The molecule has 0 spiro atoms. The molecular weight excluding hydrogens is 442 g/mol.